The average molecular weight is 570 g/mol. The third kappa shape index (κ3) is 5.31. The Morgan fingerprint density at radius 1 is 1.07 bits per heavy atom. The third-order valence-corrected chi connectivity index (χ3v) is 7.61. The minimum atomic E-state index is -0.987. The number of amides is 1. The zero-order valence-electron chi connectivity index (χ0n) is 23.2. The van der Waals surface area contributed by atoms with E-state index in [-0.39, 0.29) is 30.2 Å². The zero-order valence-corrected chi connectivity index (χ0v) is 24.0. The van der Waals surface area contributed by atoms with Crippen LogP contribution in [0.5, 0.6) is 0 Å². The van der Waals surface area contributed by atoms with Gasteiger partial charge in [0.25, 0.3) is 0 Å². The van der Waals surface area contributed by atoms with E-state index in [9.17, 15) is 14.7 Å². The number of carbonyl (C=O) groups excluding carboxylic acids is 1. The van der Waals surface area contributed by atoms with Crippen LogP contribution in [0, 0.1) is 20.8 Å². The summed E-state index contributed by atoms with van der Waals surface area (Å²) < 4.78 is 6.92. The summed E-state index contributed by atoms with van der Waals surface area (Å²) in [4.78, 5) is 30.9. The number of hydrogen-bond donors (Lipinski definition) is 3. The number of aryl methyl sites for hydroxylation is 2. The van der Waals surface area contributed by atoms with Crippen molar-refractivity contribution in [3.63, 3.8) is 0 Å². The highest BCUT2D eigenvalue weighted by Crippen LogP contribution is 2.44. The molecule has 1 aliphatic rings. The van der Waals surface area contributed by atoms with Crippen molar-refractivity contribution in [2.75, 3.05) is 23.9 Å². The lowest BCUT2D eigenvalue weighted by molar-refractivity contribution is -0.119. The number of para-hydroxylation sites is 1. The molecule has 0 radical (unpaired) electrons. The van der Waals surface area contributed by atoms with Crippen LogP contribution in [-0.2, 0) is 9.53 Å². The second-order valence-electron chi connectivity index (χ2n) is 9.96. The second-order valence-corrected chi connectivity index (χ2v) is 10.3. The predicted molar refractivity (Wildman–Crippen MR) is 162 cm³/mol. The van der Waals surface area contributed by atoms with Crippen molar-refractivity contribution < 1.29 is 19.4 Å². The molecule has 1 amide bonds. The zero-order chi connectivity index (χ0) is 29.3. The molecule has 2 atom stereocenters. The molecule has 9 nitrogen and oxygen atoms in total. The van der Waals surface area contributed by atoms with E-state index in [0.29, 0.717) is 16.5 Å². The molecular formula is C31H31N5O4S. The number of nitrogens with one attached hydrogen (secondary N) is 2. The van der Waals surface area contributed by atoms with Crippen LogP contribution in [0.15, 0.2) is 72.9 Å². The summed E-state index contributed by atoms with van der Waals surface area (Å²) >= 11 is 5.90. The number of carbonyl (C=O) groups is 2. The van der Waals surface area contributed by atoms with E-state index in [2.05, 4.69) is 26.6 Å². The Kier molecular flexibility index (Phi) is 7.87. The number of aromatic nitrogens is 2. The normalized spacial score (nSPS) is 16.5. The van der Waals surface area contributed by atoms with Gasteiger partial charge < -0.3 is 29.9 Å². The molecular weight excluding hydrogens is 538 g/mol. The SMILES string of the molecule is COCC(=O)Nc1ccc(N2C(=S)NC(c3ccccn3)C2c2cc(C)n(-c3ccccc3C(=O)O)c2C)cc1C. The lowest BCUT2D eigenvalue weighted by atomic mass is 9.96. The number of anilines is 2. The lowest BCUT2D eigenvalue weighted by Gasteiger charge is -2.29. The summed E-state index contributed by atoms with van der Waals surface area (Å²) in [6.45, 7) is 5.86. The monoisotopic (exact) mass is 569 g/mol. The number of ether oxygens (including phenoxy) is 1. The van der Waals surface area contributed by atoms with E-state index in [0.717, 1.165) is 33.9 Å². The summed E-state index contributed by atoms with van der Waals surface area (Å²) in [5.74, 6) is -1.22. The average Bonchev–Trinajstić information content (AvgIpc) is 3.45. The molecule has 3 heterocycles. The molecule has 2 aromatic heterocycles. The lowest BCUT2D eigenvalue weighted by Crippen LogP contribution is -2.29. The molecule has 1 aliphatic heterocycles. The fraction of sp³-hybridized carbons (Fsp3) is 0.226. The molecule has 210 valence electrons. The van der Waals surface area contributed by atoms with Crippen LogP contribution >= 0.6 is 12.2 Å². The van der Waals surface area contributed by atoms with Crippen LogP contribution in [0.1, 0.15) is 50.7 Å². The van der Waals surface area contributed by atoms with Gasteiger partial charge in [0.1, 0.15) is 6.61 Å². The molecule has 0 aliphatic carbocycles. The summed E-state index contributed by atoms with van der Waals surface area (Å²) in [6.07, 6.45) is 1.76. The molecule has 10 heteroatoms. The number of hydrogen-bond acceptors (Lipinski definition) is 5. The van der Waals surface area contributed by atoms with Gasteiger partial charge >= 0.3 is 5.97 Å². The van der Waals surface area contributed by atoms with Crippen molar-refractivity contribution in [1.82, 2.24) is 14.9 Å². The molecule has 0 bridgehead atoms. The largest absolute Gasteiger partial charge is 0.478 e. The molecule has 0 saturated carbocycles. The Bertz CT molecular complexity index is 1630. The van der Waals surface area contributed by atoms with Gasteiger partial charge in [-0.3, -0.25) is 9.78 Å². The van der Waals surface area contributed by atoms with Crippen LogP contribution in [-0.4, -0.2) is 45.4 Å². The number of carboxylic acids is 1. The fourth-order valence-electron chi connectivity index (χ4n) is 5.51. The Hall–Kier alpha value is -4.54. The van der Waals surface area contributed by atoms with E-state index < -0.39 is 5.97 Å². The van der Waals surface area contributed by atoms with Gasteiger partial charge in [0.05, 0.1) is 29.0 Å². The van der Waals surface area contributed by atoms with Crippen molar-refractivity contribution in [3.05, 3.63) is 107 Å². The molecule has 4 aromatic rings. The second kappa shape index (κ2) is 11.5. The Morgan fingerprint density at radius 3 is 2.51 bits per heavy atom. The number of thiocarbonyl (C=S) groups is 1. The van der Waals surface area contributed by atoms with Gasteiger partial charge in [-0.2, -0.15) is 0 Å². The molecule has 3 N–H and O–H groups in total. The van der Waals surface area contributed by atoms with Crippen LogP contribution in [0.4, 0.5) is 11.4 Å². The molecule has 2 unspecified atom stereocenters. The van der Waals surface area contributed by atoms with E-state index >= 15 is 0 Å². The highest BCUT2D eigenvalue weighted by molar-refractivity contribution is 7.80. The Balaban J connectivity index is 1.63. The number of carboxylic acid groups (broad SMARTS) is 1. The third-order valence-electron chi connectivity index (χ3n) is 7.30. The standard InChI is InChI=1S/C31H31N5O4S/c1-18-15-21(12-13-24(18)33-27(37)17-40-4)36-29(28(34-31(36)41)25-10-7-8-14-32-25)23-16-19(2)35(20(23)3)26-11-6-5-9-22(26)30(38)39/h5-16,28-29H,17H2,1-4H3,(H,33,37)(H,34,41)(H,38,39). The van der Waals surface area contributed by atoms with Gasteiger partial charge in [0.2, 0.25) is 5.91 Å². The van der Waals surface area contributed by atoms with Crippen molar-refractivity contribution in [1.29, 1.82) is 0 Å². The predicted octanol–water partition coefficient (Wildman–Crippen LogP) is 5.26. The summed E-state index contributed by atoms with van der Waals surface area (Å²) in [5.41, 5.74) is 6.85. The molecule has 1 fully saturated rings. The van der Waals surface area contributed by atoms with Gasteiger partial charge in [-0.1, -0.05) is 18.2 Å². The fourth-order valence-corrected chi connectivity index (χ4v) is 5.86. The minimum absolute atomic E-state index is 0.0320. The first-order valence-corrected chi connectivity index (χ1v) is 13.5. The first-order valence-electron chi connectivity index (χ1n) is 13.1. The number of rotatable bonds is 8. The minimum Gasteiger partial charge on any atom is -0.478 e. The maximum atomic E-state index is 12.1. The van der Waals surface area contributed by atoms with Crippen molar-refractivity contribution in [2.45, 2.75) is 32.9 Å². The highest BCUT2D eigenvalue weighted by atomic mass is 32.1. The molecule has 41 heavy (non-hydrogen) atoms. The van der Waals surface area contributed by atoms with Gasteiger partial charge in [0.15, 0.2) is 5.11 Å². The number of pyridine rings is 1. The Labute approximate surface area is 243 Å². The summed E-state index contributed by atoms with van der Waals surface area (Å²) in [7, 11) is 1.48. The first-order chi connectivity index (χ1) is 19.7. The number of aromatic carboxylic acids is 1. The van der Waals surface area contributed by atoms with Gasteiger partial charge in [-0.15, -0.1) is 0 Å². The van der Waals surface area contributed by atoms with E-state index in [1.807, 2.05) is 73.9 Å². The van der Waals surface area contributed by atoms with Gasteiger partial charge in [-0.25, -0.2) is 4.79 Å². The molecule has 2 aromatic carbocycles. The summed E-state index contributed by atoms with van der Waals surface area (Å²) in [6, 6.07) is 20.1. The highest BCUT2D eigenvalue weighted by Gasteiger charge is 2.42. The summed E-state index contributed by atoms with van der Waals surface area (Å²) in [5, 5.41) is 16.8. The molecule has 0 spiro atoms. The van der Waals surface area contributed by atoms with Crippen molar-refractivity contribution in [2.24, 2.45) is 0 Å². The van der Waals surface area contributed by atoms with E-state index in [1.165, 1.54) is 7.11 Å². The molecule has 1 saturated heterocycles. The maximum absolute atomic E-state index is 12.1. The van der Waals surface area contributed by atoms with Crippen LogP contribution < -0.4 is 15.5 Å². The van der Waals surface area contributed by atoms with E-state index in [4.69, 9.17) is 17.0 Å². The first kappa shape index (κ1) is 28.0. The topological polar surface area (TPSA) is 109 Å². The van der Waals surface area contributed by atoms with E-state index in [1.54, 1.807) is 18.3 Å². The van der Waals surface area contributed by atoms with Crippen molar-refractivity contribution in [3.8, 4) is 5.69 Å². The quantitative estimate of drug-likeness (QED) is 0.247. The molecule has 5 rings (SSSR count). The van der Waals surface area contributed by atoms with Crippen LogP contribution in [0.3, 0.4) is 0 Å². The van der Waals surface area contributed by atoms with Crippen LogP contribution in [0.2, 0.25) is 0 Å². The smallest absolute Gasteiger partial charge is 0.337 e. The van der Waals surface area contributed by atoms with Gasteiger partial charge in [0, 0.05) is 36.1 Å². The number of nitrogens with zero attached hydrogens (tertiary/aromatic N) is 3. The van der Waals surface area contributed by atoms with Crippen LogP contribution in [0.25, 0.3) is 5.69 Å². The van der Waals surface area contributed by atoms with Gasteiger partial charge in [-0.05, 0) is 92.6 Å². The Morgan fingerprint density at radius 2 is 1.83 bits per heavy atom. The number of methoxy groups -OCH3 is 1. The van der Waals surface area contributed by atoms with Crippen molar-refractivity contribution >= 4 is 40.6 Å². The maximum Gasteiger partial charge on any atom is 0.337 e. The number of benzene rings is 2.